The number of hydrogen-bond donors (Lipinski definition) is 2. The van der Waals surface area contributed by atoms with E-state index in [-0.39, 0.29) is 12.4 Å². The molecule has 0 aliphatic carbocycles. The summed E-state index contributed by atoms with van der Waals surface area (Å²) in [6.45, 7) is 18.5. The van der Waals surface area contributed by atoms with E-state index in [9.17, 15) is 24.3 Å². The van der Waals surface area contributed by atoms with Crippen molar-refractivity contribution >= 4 is 41.4 Å². The monoisotopic (exact) mass is 620 g/mol. The van der Waals surface area contributed by atoms with E-state index in [1.165, 1.54) is 4.57 Å². The highest BCUT2D eigenvalue weighted by Gasteiger charge is 2.36. The van der Waals surface area contributed by atoms with Gasteiger partial charge in [-0.3, -0.25) is 5.32 Å². The molecule has 1 aromatic carbocycles. The zero-order valence-corrected chi connectivity index (χ0v) is 27.8. The third-order valence-electron chi connectivity index (χ3n) is 5.69. The lowest BCUT2D eigenvalue weighted by atomic mass is 10.00. The molecule has 1 unspecified atom stereocenters. The van der Waals surface area contributed by atoms with Crippen LogP contribution in [0.2, 0.25) is 0 Å². The first-order valence-corrected chi connectivity index (χ1v) is 14.6. The standard InChI is InChI=1S/C31H48N4O9/c1-28(2,3)42-25(38)34-21-17-13-12-16-20(21)32-23(34)33-24(37)41-31(10,11)19-15-14-18-22(36)35(26(39)43-29(4,5)6)27(40)44-30(7,8)9/h12-13,16-17,22,36H,14-15,18-19H2,1-11H3,(H,32,33,37). The van der Waals surface area contributed by atoms with E-state index in [0.717, 1.165) is 0 Å². The van der Waals surface area contributed by atoms with Crippen LogP contribution < -0.4 is 5.32 Å². The van der Waals surface area contributed by atoms with Crippen LogP contribution >= 0.6 is 0 Å². The third-order valence-corrected chi connectivity index (χ3v) is 5.69. The molecule has 2 N–H and O–H groups in total. The summed E-state index contributed by atoms with van der Waals surface area (Å²) in [5.41, 5.74) is -2.56. The van der Waals surface area contributed by atoms with Crippen LogP contribution in [0.3, 0.4) is 0 Å². The van der Waals surface area contributed by atoms with E-state index in [2.05, 4.69) is 10.3 Å². The lowest BCUT2D eigenvalue weighted by molar-refractivity contribution is -0.0470. The Hall–Kier alpha value is -3.87. The molecule has 13 heteroatoms. The summed E-state index contributed by atoms with van der Waals surface area (Å²) >= 11 is 0. The first kappa shape index (κ1) is 36.3. The number of aromatic nitrogens is 2. The van der Waals surface area contributed by atoms with Crippen molar-refractivity contribution in [1.82, 2.24) is 14.5 Å². The number of benzene rings is 1. The highest BCUT2D eigenvalue weighted by molar-refractivity contribution is 5.94. The topological polar surface area (TPSA) is 159 Å². The second-order valence-electron chi connectivity index (χ2n) is 14.1. The maximum absolute atomic E-state index is 12.9. The second kappa shape index (κ2) is 13.8. The molecule has 0 saturated carbocycles. The second-order valence-corrected chi connectivity index (χ2v) is 14.1. The first-order chi connectivity index (χ1) is 20.0. The van der Waals surface area contributed by atoms with Gasteiger partial charge in [0, 0.05) is 0 Å². The van der Waals surface area contributed by atoms with Gasteiger partial charge in [-0.1, -0.05) is 12.1 Å². The van der Waals surface area contributed by atoms with Crippen LogP contribution in [0.15, 0.2) is 24.3 Å². The highest BCUT2D eigenvalue weighted by atomic mass is 16.6. The van der Waals surface area contributed by atoms with Gasteiger partial charge in [0.25, 0.3) is 0 Å². The van der Waals surface area contributed by atoms with Gasteiger partial charge < -0.3 is 24.1 Å². The zero-order valence-electron chi connectivity index (χ0n) is 27.8. The number of nitrogens with one attached hydrogen (secondary N) is 1. The molecule has 1 aromatic heterocycles. The van der Waals surface area contributed by atoms with Crippen molar-refractivity contribution in [3.05, 3.63) is 24.3 Å². The van der Waals surface area contributed by atoms with Gasteiger partial charge in [-0.2, -0.15) is 4.90 Å². The molecule has 2 rings (SSSR count). The number of fused-ring (bicyclic) bond motifs is 1. The minimum absolute atomic E-state index is 0.0423. The average Bonchev–Trinajstić information content (AvgIpc) is 3.15. The molecule has 0 radical (unpaired) electrons. The van der Waals surface area contributed by atoms with Crippen molar-refractivity contribution in [2.45, 2.75) is 130 Å². The van der Waals surface area contributed by atoms with E-state index in [0.29, 0.717) is 35.2 Å². The number of ether oxygens (including phenoxy) is 4. The molecule has 1 atom stereocenters. The Morgan fingerprint density at radius 2 is 1.34 bits per heavy atom. The fraction of sp³-hybridized carbons (Fsp3) is 0.645. The smallest absolute Gasteiger partial charge is 0.421 e. The molecular weight excluding hydrogens is 572 g/mol. The third kappa shape index (κ3) is 11.7. The number of nitrogens with zero attached hydrogens (tertiary/aromatic N) is 3. The molecule has 246 valence electrons. The van der Waals surface area contributed by atoms with Crippen LogP contribution in [0.5, 0.6) is 0 Å². The summed E-state index contributed by atoms with van der Waals surface area (Å²) in [7, 11) is 0. The predicted molar refractivity (Wildman–Crippen MR) is 164 cm³/mol. The fourth-order valence-corrected chi connectivity index (χ4v) is 3.97. The lowest BCUT2D eigenvalue weighted by Gasteiger charge is -2.31. The predicted octanol–water partition coefficient (Wildman–Crippen LogP) is 7.20. The van der Waals surface area contributed by atoms with Crippen LogP contribution in [0.25, 0.3) is 11.0 Å². The quantitative estimate of drug-likeness (QED) is 0.176. The van der Waals surface area contributed by atoms with Gasteiger partial charge in [0.2, 0.25) is 5.95 Å². The van der Waals surface area contributed by atoms with Gasteiger partial charge in [-0.05, 0) is 114 Å². The van der Waals surface area contributed by atoms with E-state index >= 15 is 0 Å². The Bertz CT molecular complexity index is 1300. The van der Waals surface area contributed by atoms with Crippen molar-refractivity contribution in [2.24, 2.45) is 0 Å². The fourth-order valence-electron chi connectivity index (χ4n) is 3.97. The molecule has 44 heavy (non-hydrogen) atoms. The summed E-state index contributed by atoms with van der Waals surface area (Å²) in [6, 6.07) is 6.90. The van der Waals surface area contributed by atoms with E-state index in [4.69, 9.17) is 18.9 Å². The average molecular weight is 621 g/mol. The Morgan fingerprint density at radius 3 is 1.86 bits per heavy atom. The Kier molecular flexibility index (Phi) is 11.4. The molecule has 0 fully saturated rings. The summed E-state index contributed by atoms with van der Waals surface area (Å²) in [6.07, 6.45) is -3.77. The van der Waals surface area contributed by atoms with Crippen LogP contribution in [0.1, 0.15) is 102 Å². The number of hydrogen-bond acceptors (Lipinski definition) is 10. The number of aliphatic hydroxyl groups excluding tert-OH is 1. The normalized spacial score (nSPS) is 13.2. The molecule has 0 bridgehead atoms. The molecule has 0 aliphatic rings. The van der Waals surface area contributed by atoms with Gasteiger partial charge in [0.1, 0.15) is 28.6 Å². The van der Waals surface area contributed by atoms with Crippen molar-refractivity contribution in [3.63, 3.8) is 0 Å². The van der Waals surface area contributed by atoms with Gasteiger partial charge in [-0.25, -0.2) is 28.7 Å². The van der Waals surface area contributed by atoms with Crippen molar-refractivity contribution in [3.8, 4) is 0 Å². The number of aliphatic hydroxyl groups is 1. The minimum atomic E-state index is -1.49. The number of rotatable bonds is 8. The molecule has 0 saturated heterocycles. The molecule has 1 heterocycles. The molecule has 13 nitrogen and oxygen atoms in total. The van der Waals surface area contributed by atoms with Crippen molar-refractivity contribution < 1.29 is 43.2 Å². The SMILES string of the molecule is CC(C)(C)OC(=O)N(C(=O)OC(C)(C)C)C(O)CCCCC(C)(C)OC(=O)Nc1nc2ccccc2n1C(=O)OC(C)(C)C. The highest BCUT2D eigenvalue weighted by Crippen LogP contribution is 2.25. The molecular formula is C31H48N4O9. The summed E-state index contributed by atoms with van der Waals surface area (Å²) < 4.78 is 22.9. The van der Waals surface area contributed by atoms with Gasteiger partial charge in [0.15, 0.2) is 0 Å². The van der Waals surface area contributed by atoms with Crippen molar-refractivity contribution in [1.29, 1.82) is 0 Å². The molecule has 2 aromatic rings. The van der Waals surface area contributed by atoms with Crippen molar-refractivity contribution in [2.75, 3.05) is 5.32 Å². The number of imidazole rings is 1. The number of carbonyl (C=O) groups excluding carboxylic acids is 4. The minimum Gasteiger partial charge on any atom is -0.443 e. The first-order valence-electron chi connectivity index (χ1n) is 14.6. The van der Waals surface area contributed by atoms with E-state index in [1.807, 2.05) is 0 Å². The largest absolute Gasteiger partial charge is 0.443 e. The number of anilines is 1. The lowest BCUT2D eigenvalue weighted by Crippen LogP contribution is -2.49. The molecule has 0 aliphatic heterocycles. The zero-order chi connectivity index (χ0) is 33.7. The Morgan fingerprint density at radius 1 is 0.818 bits per heavy atom. The van der Waals surface area contributed by atoms with Gasteiger partial charge in [-0.15, -0.1) is 0 Å². The van der Waals surface area contributed by atoms with Crippen LogP contribution in [-0.2, 0) is 18.9 Å². The number of imide groups is 1. The van der Waals surface area contributed by atoms with Gasteiger partial charge in [0.05, 0.1) is 11.0 Å². The number of unbranched alkanes of at least 4 members (excludes halogenated alkanes) is 1. The summed E-state index contributed by atoms with van der Waals surface area (Å²) in [5, 5.41) is 13.3. The van der Waals surface area contributed by atoms with Crippen LogP contribution in [0, 0.1) is 0 Å². The van der Waals surface area contributed by atoms with E-state index < -0.39 is 53.0 Å². The van der Waals surface area contributed by atoms with Crippen LogP contribution in [-0.4, -0.2) is 72.6 Å². The molecule has 3 amide bonds. The van der Waals surface area contributed by atoms with Crippen LogP contribution in [0.4, 0.5) is 25.1 Å². The van der Waals surface area contributed by atoms with E-state index in [1.54, 1.807) is 100 Å². The van der Waals surface area contributed by atoms with Gasteiger partial charge >= 0.3 is 24.4 Å². The Labute approximate surface area is 259 Å². The Balaban J connectivity index is 2.03. The maximum atomic E-state index is 12.9. The summed E-state index contributed by atoms with van der Waals surface area (Å²) in [4.78, 5) is 56.2. The molecule has 0 spiro atoms. The number of carbonyl (C=O) groups is 4. The number of amides is 3. The summed E-state index contributed by atoms with van der Waals surface area (Å²) in [5.74, 6) is -0.0475. The maximum Gasteiger partial charge on any atom is 0.421 e. The number of para-hydroxylation sites is 2.